The third kappa shape index (κ3) is 27.8. The zero-order valence-electron chi connectivity index (χ0n) is 28.2. The molecule has 0 aromatic carbocycles. The Morgan fingerprint density at radius 2 is 1.07 bits per heavy atom. The number of rotatable bonds is 30. The van der Waals surface area contributed by atoms with Crippen molar-refractivity contribution in [2.24, 2.45) is 5.92 Å². The summed E-state index contributed by atoms with van der Waals surface area (Å²) in [6.45, 7) is 10.1. The van der Waals surface area contributed by atoms with Crippen molar-refractivity contribution in [3.05, 3.63) is 0 Å². The standard InChI is InChI=1S/C35H70N2O3S/c1-6-9-12-15-17-21-26-33(25-20-13-10-7-2)32-40-34(38)27-22-18-16-19-24-29-37(28-23-14-11-8-3)35(39)41-31-30-36(4)5/h33H,6-32H2,1-5H3. The van der Waals surface area contributed by atoms with E-state index in [-0.39, 0.29) is 11.2 Å². The lowest BCUT2D eigenvalue weighted by Crippen LogP contribution is -2.30. The monoisotopic (exact) mass is 599 g/mol. The molecule has 0 saturated carbocycles. The van der Waals surface area contributed by atoms with Crippen molar-refractivity contribution in [2.75, 3.05) is 46.1 Å². The van der Waals surface area contributed by atoms with E-state index in [1.54, 1.807) is 0 Å². The molecule has 0 aliphatic heterocycles. The molecule has 0 fully saturated rings. The fourth-order valence-corrected chi connectivity index (χ4v) is 6.20. The summed E-state index contributed by atoms with van der Waals surface area (Å²) in [5.41, 5.74) is 0. The summed E-state index contributed by atoms with van der Waals surface area (Å²) in [5, 5.41) is 0.242. The van der Waals surface area contributed by atoms with Crippen LogP contribution in [0.2, 0.25) is 0 Å². The van der Waals surface area contributed by atoms with Crippen LogP contribution in [-0.2, 0) is 9.53 Å². The van der Waals surface area contributed by atoms with E-state index < -0.39 is 0 Å². The van der Waals surface area contributed by atoms with Crippen molar-refractivity contribution in [1.29, 1.82) is 0 Å². The molecule has 5 nitrogen and oxygen atoms in total. The summed E-state index contributed by atoms with van der Waals surface area (Å²) in [6, 6.07) is 0. The zero-order valence-corrected chi connectivity index (χ0v) is 29.0. The Bertz CT molecular complexity index is 588. The first-order valence-electron chi connectivity index (χ1n) is 17.7. The maximum absolute atomic E-state index is 12.8. The minimum atomic E-state index is -0.00916. The van der Waals surface area contributed by atoms with Crippen LogP contribution in [0.3, 0.4) is 0 Å². The maximum Gasteiger partial charge on any atom is 0.305 e. The van der Waals surface area contributed by atoms with Crippen LogP contribution < -0.4 is 0 Å². The largest absolute Gasteiger partial charge is 0.465 e. The van der Waals surface area contributed by atoms with E-state index in [0.717, 1.165) is 63.9 Å². The van der Waals surface area contributed by atoms with Crippen molar-refractivity contribution >= 4 is 23.0 Å². The number of esters is 1. The molecule has 244 valence electrons. The molecular weight excluding hydrogens is 528 g/mol. The number of carbonyl (C=O) groups excluding carboxylic acids is 2. The Morgan fingerprint density at radius 1 is 0.610 bits per heavy atom. The van der Waals surface area contributed by atoms with Crippen LogP contribution in [0.1, 0.15) is 162 Å². The molecule has 1 atom stereocenters. The first-order valence-corrected chi connectivity index (χ1v) is 18.6. The molecule has 0 N–H and O–H groups in total. The lowest BCUT2D eigenvalue weighted by Gasteiger charge is -2.22. The third-order valence-electron chi connectivity index (χ3n) is 8.02. The van der Waals surface area contributed by atoms with Crippen LogP contribution in [0.25, 0.3) is 0 Å². The number of thioether (sulfide) groups is 1. The molecule has 6 heteroatoms. The number of carbonyl (C=O) groups is 2. The highest BCUT2D eigenvalue weighted by Gasteiger charge is 2.14. The number of nitrogens with zero attached hydrogens (tertiary/aromatic N) is 2. The lowest BCUT2D eigenvalue weighted by atomic mass is 9.95. The Balaban J connectivity index is 4.19. The van der Waals surface area contributed by atoms with E-state index in [2.05, 4.69) is 44.7 Å². The molecule has 0 radical (unpaired) electrons. The van der Waals surface area contributed by atoms with Crippen molar-refractivity contribution < 1.29 is 14.3 Å². The van der Waals surface area contributed by atoms with Crippen LogP contribution in [-0.4, -0.2) is 67.1 Å². The van der Waals surface area contributed by atoms with Crippen molar-refractivity contribution in [3.8, 4) is 0 Å². The van der Waals surface area contributed by atoms with Gasteiger partial charge in [0.15, 0.2) is 0 Å². The summed E-state index contributed by atoms with van der Waals surface area (Å²) >= 11 is 1.47. The van der Waals surface area contributed by atoms with Gasteiger partial charge in [-0.1, -0.05) is 135 Å². The second-order valence-electron chi connectivity index (χ2n) is 12.4. The summed E-state index contributed by atoms with van der Waals surface area (Å²) in [7, 11) is 4.10. The Hall–Kier alpha value is -0.750. The summed E-state index contributed by atoms with van der Waals surface area (Å²) in [6.07, 6.45) is 26.1. The van der Waals surface area contributed by atoms with E-state index >= 15 is 0 Å². The molecule has 0 spiro atoms. The average molecular weight is 599 g/mol. The number of ether oxygens (including phenoxy) is 1. The van der Waals surface area contributed by atoms with Crippen molar-refractivity contribution in [1.82, 2.24) is 9.80 Å². The van der Waals surface area contributed by atoms with Gasteiger partial charge < -0.3 is 14.5 Å². The van der Waals surface area contributed by atoms with Gasteiger partial charge in [0, 0.05) is 31.8 Å². The molecule has 0 aromatic heterocycles. The Labute approximate surface area is 260 Å². The SMILES string of the molecule is CCCCCCCCC(CCCCCC)COC(=O)CCCCCCCN(CCCCCC)C(=O)SCCN(C)C. The molecule has 0 heterocycles. The molecular formula is C35H70N2O3S. The molecule has 0 aliphatic rings. The number of unbranched alkanes of at least 4 members (excludes halogenated alkanes) is 15. The number of amides is 1. The van der Waals surface area contributed by atoms with Crippen LogP contribution in [0.4, 0.5) is 4.79 Å². The summed E-state index contributed by atoms with van der Waals surface area (Å²) in [4.78, 5) is 29.4. The zero-order chi connectivity index (χ0) is 30.4. The van der Waals surface area contributed by atoms with Gasteiger partial charge in [-0.25, -0.2) is 0 Å². The third-order valence-corrected chi connectivity index (χ3v) is 8.92. The van der Waals surface area contributed by atoms with E-state index in [1.807, 2.05) is 0 Å². The van der Waals surface area contributed by atoms with E-state index in [0.29, 0.717) is 18.9 Å². The fourth-order valence-electron chi connectivity index (χ4n) is 5.20. The molecule has 41 heavy (non-hydrogen) atoms. The second-order valence-corrected chi connectivity index (χ2v) is 13.5. The predicted octanol–water partition coefficient (Wildman–Crippen LogP) is 10.5. The van der Waals surface area contributed by atoms with Crippen molar-refractivity contribution in [2.45, 2.75) is 162 Å². The molecule has 1 unspecified atom stereocenters. The van der Waals surface area contributed by atoms with Gasteiger partial charge in [0.2, 0.25) is 0 Å². The van der Waals surface area contributed by atoms with Gasteiger partial charge >= 0.3 is 5.97 Å². The molecule has 0 saturated heterocycles. The van der Waals surface area contributed by atoms with Gasteiger partial charge in [-0.05, 0) is 52.1 Å². The molecule has 0 aliphatic carbocycles. The van der Waals surface area contributed by atoms with E-state index in [9.17, 15) is 9.59 Å². The molecule has 0 aromatic rings. The highest BCUT2D eigenvalue weighted by atomic mass is 32.2. The molecule has 0 rings (SSSR count). The maximum atomic E-state index is 12.8. The smallest absolute Gasteiger partial charge is 0.305 e. The predicted molar refractivity (Wildman–Crippen MR) is 181 cm³/mol. The van der Waals surface area contributed by atoms with Gasteiger partial charge in [0.05, 0.1) is 6.61 Å². The number of hydrogen-bond donors (Lipinski definition) is 0. The summed E-state index contributed by atoms with van der Waals surface area (Å²) in [5.74, 6) is 1.38. The number of hydrogen-bond acceptors (Lipinski definition) is 5. The van der Waals surface area contributed by atoms with Crippen LogP contribution >= 0.6 is 11.8 Å². The quantitative estimate of drug-likeness (QED) is 0.0608. The topological polar surface area (TPSA) is 49.9 Å². The van der Waals surface area contributed by atoms with Crippen LogP contribution in [0, 0.1) is 5.92 Å². The second kappa shape index (κ2) is 30.7. The first-order chi connectivity index (χ1) is 19.9. The van der Waals surface area contributed by atoms with Gasteiger partial charge in [0.1, 0.15) is 0 Å². The lowest BCUT2D eigenvalue weighted by molar-refractivity contribution is -0.145. The van der Waals surface area contributed by atoms with Gasteiger partial charge in [0.25, 0.3) is 5.24 Å². The molecule has 1 amide bonds. The molecule has 0 bridgehead atoms. The Morgan fingerprint density at radius 3 is 1.63 bits per heavy atom. The first kappa shape index (κ1) is 40.2. The Kier molecular flexibility index (Phi) is 30.1. The van der Waals surface area contributed by atoms with Gasteiger partial charge in [-0.3, -0.25) is 9.59 Å². The van der Waals surface area contributed by atoms with E-state index in [1.165, 1.54) is 108 Å². The highest BCUT2D eigenvalue weighted by Crippen LogP contribution is 2.20. The van der Waals surface area contributed by atoms with Crippen LogP contribution in [0.5, 0.6) is 0 Å². The van der Waals surface area contributed by atoms with Gasteiger partial charge in [-0.15, -0.1) is 0 Å². The van der Waals surface area contributed by atoms with Crippen molar-refractivity contribution in [3.63, 3.8) is 0 Å². The minimum absolute atomic E-state index is 0.00916. The highest BCUT2D eigenvalue weighted by molar-refractivity contribution is 8.13. The fraction of sp³-hybridized carbons (Fsp3) is 0.943. The van der Waals surface area contributed by atoms with E-state index in [4.69, 9.17) is 4.74 Å². The van der Waals surface area contributed by atoms with Crippen LogP contribution in [0.15, 0.2) is 0 Å². The normalized spacial score (nSPS) is 12.1. The minimum Gasteiger partial charge on any atom is -0.465 e. The summed E-state index contributed by atoms with van der Waals surface area (Å²) < 4.78 is 5.76. The van der Waals surface area contributed by atoms with Gasteiger partial charge in [-0.2, -0.15) is 0 Å². The average Bonchev–Trinajstić information content (AvgIpc) is 2.95.